The topological polar surface area (TPSA) is 77.5 Å². The summed E-state index contributed by atoms with van der Waals surface area (Å²) in [6.45, 7) is 0. The molecule has 2 atom stereocenters. The van der Waals surface area contributed by atoms with Crippen molar-refractivity contribution < 1.29 is 0 Å². The summed E-state index contributed by atoms with van der Waals surface area (Å²) in [6.07, 6.45) is -0.470. The predicted molar refractivity (Wildman–Crippen MR) is 223 cm³/mol. The molecule has 2 aromatic heterocycles. The van der Waals surface area contributed by atoms with Gasteiger partial charge < -0.3 is 10.6 Å². The number of thiophene rings is 1. The Morgan fingerprint density at radius 3 is 2.13 bits per heavy atom. The number of para-hydroxylation sites is 3. The molecule has 7 heteroatoms. The Balaban J connectivity index is 1.16. The SMILES string of the molecule is N#Cc1cccc(C2N=C(c3cccc4c3sc3ccc5c(c34)-c3ccccc3NC5c3ccccc3)N=C(n3c4ccccc4c4ccccc43)N2)c1. The fourth-order valence-corrected chi connectivity index (χ4v) is 9.57. The maximum absolute atomic E-state index is 9.81. The van der Waals surface area contributed by atoms with E-state index in [1.54, 1.807) is 11.3 Å². The van der Waals surface area contributed by atoms with Crippen LogP contribution in [-0.2, 0) is 0 Å². The fourth-order valence-electron chi connectivity index (χ4n) is 8.35. The third kappa shape index (κ3) is 4.64. The van der Waals surface area contributed by atoms with Gasteiger partial charge in [0, 0.05) is 47.8 Å². The first-order valence-electron chi connectivity index (χ1n) is 18.0. The smallest absolute Gasteiger partial charge is 0.211 e. The van der Waals surface area contributed by atoms with Crippen LogP contribution in [0.5, 0.6) is 0 Å². The maximum atomic E-state index is 9.81. The van der Waals surface area contributed by atoms with Gasteiger partial charge in [0.25, 0.3) is 0 Å². The highest BCUT2D eigenvalue weighted by atomic mass is 32.1. The predicted octanol–water partition coefficient (Wildman–Crippen LogP) is 11.2. The number of nitrogens with zero attached hydrogens (tertiary/aromatic N) is 4. The lowest BCUT2D eigenvalue weighted by Crippen LogP contribution is -2.37. The highest BCUT2D eigenvalue weighted by Crippen LogP contribution is 2.50. The van der Waals surface area contributed by atoms with Crippen molar-refractivity contribution in [3.8, 4) is 17.2 Å². The molecule has 2 aliphatic heterocycles. The number of amidine groups is 1. The van der Waals surface area contributed by atoms with E-state index in [-0.39, 0.29) is 6.04 Å². The lowest BCUT2D eigenvalue weighted by molar-refractivity contribution is 0.661. The standard InChI is InChI=1S/C47H30N6S/c48-27-28-12-10-15-30(26-28)45-50-46(52-47(51-45)53-38-22-8-5-16-31(38)32-17-6-9-23-39(32)53)36-20-11-19-35-42-40(54-44(35)36)25-24-34-41(42)33-18-4-7-21-37(33)49-43(34)29-13-2-1-3-14-29/h1-26,43,45,49H,(H,50,51,52). The number of fused-ring (bicyclic) bond motifs is 10. The molecule has 0 amide bonds. The van der Waals surface area contributed by atoms with Gasteiger partial charge in [0.15, 0.2) is 5.84 Å². The summed E-state index contributed by atoms with van der Waals surface area (Å²) in [5.41, 5.74) is 10.7. The van der Waals surface area contributed by atoms with Crippen molar-refractivity contribution in [1.29, 1.82) is 5.26 Å². The van der Waals surface area contributed by atoms with Crippen LogP contribution in [0.25, 0.3) is 53.1 Å². The van der Waals surface area contributed by atoms with Gasteiger partial charge in [-0.25, -0.2) is 4.99 Å². The number of aliphatic imine (C=N–C) groups is 2. The quantitative estimate of drug-likeness (QED) is 0.192. The molecule has 0 saturated carbocycles. The average molecular weight is 711 g/mol. The van der Waals surface area contributed by atoms with Crippen molar-refractivity contribution in [3.63, 3.8) is 0 Å². The second-order valence-electron chi connectivity index (χ2n) is 13.8. The summed E-state index contributed by atoms with van der Waals surface area (Å²) in [7, 11) is 0. The molecule has 0 fully saturated rings. The van der Waals surface area contributed by atoms with E-state index in [1.165, 1.54) is 37.7 Å². The molecule has 54 heavy (non-hydrogen) atoms. The number of benzene rings is 7. The minimum absolute atomic E-state index is 0.0238. The molecule has 2 aliphatic rings. The molecule has 6 nitrogen and oxygen atoms in total. The zero-order chi connectivity index (χ0) is 35.8. The van der Waals surface area contributed by atoms with Crippen molar-refractivity contribution in [2.24, 2.45) is 9.98 Å². The van der Waals surface area contributed by atoms with Gasteiger partial charge in [0.2, 0.25) is 5.96 Å². The van der Waals surface area contributed by atoms with E-state index in [2.05, 4.69) is 155 Å². The molecule has 2 unspecified atom stereocenters. The number of rotatable bonds is 3. The average Bonchev–Trinajstić information content (AvgIpc) is 3.80. The summed E-state index contributed by atoms with van der Waals surface area (Å²) in [4.78, 5) is 10.7. The van der Waals surface area contributed by atoms with Gasteiger partial charge in [-0.2, -0.15) is 10.3 Å². The van der Waals surface area contributed by atoms with Crippen LogP contribution < -0.4 is 10.6 Å². The highest BCUT2D eigenvalue weighted by molar-refractivity contribution is 7.26. The van der Waals surface area contributed by atoms with Crippen LogP contribution in [0.4, 0.5) is 5.69 Å². The second kappa shape index (κ2) is 12.0. The van der Waals surface area contributed by atoms with Crippen LogP contribution >= 0.6 is 11.3 Å². The first-order chi connectivity index (χ1) is 26.7. The second-order valence-corrected chi connectivity index (χ2v) is 14.8. The number of hydrogen-bond donors (Lipinski definition) is 2. The van der Waals surface area contributed by atoms with E-state index in [1.807, 2.05) is 24.3 Å². The van der Waals surface area contributed by atoms with E-state index < -0.39 is 6.17 Å². The third-order valence-electron chi connectivity index (χ3n) is 10.7. The summed E-state index contributed by atoms with van der Waals surface area (Å²) < 4.78 is 4.57. The summed E-state index contributed by atoms with van der Waals surface area (Å²) in [5.74, 6) is 1.33. The lowest BCUT2D eigenvalue weighted by atomic mass is 9.84. The summed E-state index contributed by atoms with van der Waals surface area (Å²) >= 11 is 1.79. The van der Waals surface area contributed by atoms with Crippen LogP contribution in [0.15, 0.2) is 168 Å². The molecule has 0 bridgehead atoms. The van der Waals surface area contributed by atoms with E-state index in [4.69, 9.17) is 9.98 Å². The third-order valence-corrected chi connectivity index (χ3v) is 11.9. The normalized spacial score (nSPS) is 16.3. The molecule has 0 saturated heterocycles. The Hall–Kier alpha value is -7.01. The summed E-state index contributed by atoms with van der Waals surface area (Å²) in [5, 5.41) is 22.1. The van der Waals surface area contributed by atoms with Gasteiger partial charge in [-0.3, -0.25) is 4.57 Å². The molecule has 7 aromatic carbocycles. The van der Waals surface area contributed by atoms with Crippen LogP contribution in [0, 0.1) is 11.3 Å². The van der Waals surface area contributed by atoms with Crippen LogP contribution in [0.1, 0.15) is 40.0 Å². The Labute approximate surface area is 315 Å². The van der Waals surface area contributed by atoms with Crippen LogP contribution in [0.3, 0.4) is 0 Å². The molecule has 0 radical (unpaired) electrons. The molecule has 0 spiro atoms. The Kier molecular flexibility index (Phi) is 6.81. The van der Waals surface area contributed by atoms with Gasteiger partial charge in [-0.15, -0.1) is 11.3 Å². The zero-order valence-corrected chi connectivity index (χ0v) is 29.7. The van der Waals surface area contributed by atoms with Gasteiger partial charge >= 0.3 is 0 Å². The zero-order valence-electron chi connectivity index (χ0n) is 28.9. The summed E-state index contributed by atoms with van der Waals surface area (Å²) in [6, 6.07) is 57.4. The van der Waals surface area contributed by atoms with Crippen molar-refractivity contribution in [3.05, 3.63) is 186 Å². The van der Waals surface area contributed by atoms with Gasteiger partial charge in [0.1, 0.15) is 6.17 Å². The molecule has 0 aliphatic carbocycles. The maximum Gasteiger partial charge on any atom is 0.211 e. The molecule has 11 rings (SSSR count). The van der Waals surface area contributed by atoms with E-state index >= 15 is 0 Å². The molecular formula is C47H30N6S. The molecule has 2 N–H and O–H groups in total. The van der Waals surface area contributed by atoms with Crippen molar-refractivity contribution in [2.75, 3.05) is 5.32 Å². The largest absolute Gasteiger partial charge is 0.374 e. The number of hydrogen-bond acceptors (Lipinski definition) is 6. The monoisotopic (exact) mass is 710 g/mol. The number of anilines is 1. The highest BCUT2D eigenvalue weighted by Gasteiger charge is 2.30. The number of nitriles is 1. The minimum atomic E-state index is -0.470. The van der Waals surface area contributed by atoms with Crippen molar-refractivity contribution >= 4 is 70.8 Å². The lowest BCUT2D eigenvalue weighted by Gasteiger charge is -2.31. The van der Waals surface area contributed by atoms with Crippen molar-refractivity contribution in [2.45, 2.75) is 12.2 Å². The Morgan fingerprint density at radius 1 is 0.630 bits per heavy atom. The minimum Gasteiger partial charge on any atom is -0.374 e. The van der Waals surface area contributed by atoms with Gasteiger partial charge in [-0.05, 0) is 64.7 Å². The molecule has 9 aromatic rings. The van der Waals surface area contributed by atoms with E-state index in [9.17, 15) is 5.26 Å². The van der Waals surface area contributed by atoms with E-state index in [0.717, 1.165) is 43.3 Å². The molecule has 254 valence electrons. The van der Waals surface area contributed by atoms with Crippen LogP contribution in [0.2, 0.25) is 0 Å². The first kappa shape index (κ1) is 30.6. The Morgan fingerprint density at radius 2 is 1.31 bits per heavy atom. The van der Waals surface area contributed by atoms with Crippen molar-refractivity contribution in [1.82, 2.24) is 9.88 Å². The molecule has 4 heterocycles. The van der Waals surface area contributed by atoms with Crippen LogP contribution in [-0.4, -0.2) is 16.4 Å². The first-order valence-corrected chi connectivity index (χ1v) is 18.9. The number of aromatic nitrogens is 1. The molecular weight excluding hydrogens is 681 g/mol. The fraction of sp³-hybridized carbons (Fsp3) is 0.0426. The number of nitrogens with one attached hydrogen (secondary N) is 2. The van der Waals surface area contributed by atoms with Gasteiger partial charge in [0.05, 0.1) is 28.7 Å². The Bertz CT molecular complexity index is 3040. The van der Waals surface area contributed by atoms with E-state index in [0.29, 0.717) is 17.4 Å². The van der Waals surface area contributed by atoms with Gasteiger partial charge in [-0.1, -0.05) is 115 Å².